The van der Waals surface area contributed by atoms with Crippen LogP contribution in [-0.4, -0.2) is 5.91 Å². The van der Waals surface area contributed by atoms with Gasteiger partial charge in [0.15, 0.2) is 0 Å². The summed E-state index contributed by atoms with van der Waals surface area (Å²) in [5.74, 6) is 0.439. The number of rotatable bonds is 6. The van der Waals surface area contributed by atoms with Gasteiger partial charge in [-0.3, -0.25) is 4.79 Å². The van der Waals surface area contributed by atoms with Crippen molar-refractivity contribution in [3.05, 3.63) is 95.8 Å². The van der Waals surface area contributed by atoms with Crippen molar-refractivity contribution in [3.63, 3.8) is 0 Å². The molecule has 0 unspecified atom stereocenters. The maximum atomic E-state index is 13.3. The molecule has 0 bridgehead atoms. The molecule has 3 aromatic carbocycles. The van der Waals surface area contributed by atoms with E-state index in [-0.39, 0.29) is 11.7 Å². The SMILES string of the molecule is O=C(Nc1ccc(OCc2ccccc2)cc1)C1(c2ccc(F)cc2)CCCC1. The van der Waals surface area contributed by atoms with Gasteiger partial charge in [-0.05, 0) is 60.4 Å². The Bertz CT molecular complexity index is 946. The number of benzene rings is 3. The van der Waals surface area contributed by atoms with Gasteiger partial charge in [-0.15, -0.1) is 0 Å². The standard InChI is InChI=1S/C25H24FNO2/c26-21-10-8-20(9-11-21)25(16-4-5-17-25)24(28)27-22-12-14-23(15-13-22)29-18-19-6-2-1-3-7-19/h1-3,6-15H,4-5,16-18H2,(H,27,28). The number of ether oxygens (including phenoxy) is 1. The highest BCUT2D eigenvalue weighted by molar-refractivity contribution is 5.99. The monoisotopic (exact) mass is 389 g/mol. The van der Waals surface area contributed by atoms with Crippen molar-refractivity contribution in [2.45, 2.75) is 37.7 Å². The summed E-state index contributed by atoms with van der Waals surface area (Å²) in [4.78, 5) is 13.2. The lowest BCUT2D eigenvalue weighted by Gasteiger charge is -2.28. The third-order valence-corrected chi connectivity index (χ3v) is 5.65. The largest absolute Gasteiger partial charge is 0.489 e. The fourth-order valence-corrected chi connectivity index (χ4v) is 4.02. The van der Waals surface area contributed by atoms with Gasteiger partial charge in [0.1, 0.15) is 18.2 Å². The van der Waals surface area contributed by atoms with Crippen molar-refractivity contribution >= 4 is 11.6 Å². The van der Waals surface area contributed by atoms with E-state index in [9.17, 15) is 9.18 Å². The van der Waals surface area contributed by atoms with Crippen LogP contribution >= 0.6 is 0 Å². The number of nitrogens with one attached hydrogen (secondary N) is 1. The molecule has 0 aliphatic heterocycles. The smallest absolute Gasteiger partial charge is 0.235 e. The number of amides is 1. The van der Waals surface area contributed by atoms with Crippen molar-refractivity contribution in [1.82, 2.24) is 0 Å². The summed E-state index contributed by atoms with van der Waals surface area (Å²) in [7, 11) is 0. The molecule has 4 rings (SSSR count). The first-order valence-electron chi connectivity index (χ1n) is 10.00. The molecule has 3 aromatic rings. The average molecular weight is 389 g/mol. The Balaban J connectivity index is 1.43. The van der Waals surface area contributed by atoms with Crippen LogP contribution < -0.4 is 10.1 Å². The number of carbonyl (C=O) groups is 1. The predicted octanol–water partition coefficient (Wildman–Crippen LogP) is 5.86. The lowest BCUT2D eigenvalue weighted by atomic mass is 9.78. The summed E-state index contributed by atoms with van der Waals surface area (Å²) in [6.45, 7) is 0.500. The second kappa shape index (κ2) is 8.48. The Morgan fingerprint density at radius 2 is 1.55 bits per heavy atom. The molecule has 29 heavy (non-hydrogen) atoms. The number of carbonyl (C=O) groups excluding carboxylic acids is 1. The highest BCUT2D eigenvalue weighted by Gasteiger charge is 2.42. The first-order valence-corrected chi connectivity index (χ1v) is 10.00. The van der Waals surface area contributed by atoms with Gasteiger partial charge in [-0.1, -0.05) is 55.3 Å². The van der Waals surface area contributed by atoms with Gasteiger partial charge in [0.2, 0.25) is 5.91 Å². The molecule has 1 amide bonds. The van der Waals surface area contributed by atoms with Crippen LogP contribution in [0.3, 0.4) is 0 Å². The molecule has 0 radical (unpaired) electrons. The molecule has 0 heterocycles. The van der Waals surface area contributed by atoms with Gasteiger partial charge in [0, 0.05) is 5.69 Å². The zero-order valence-corrected chi connectivity index (χ0v) is 16.2. The molecule has 1 N–H and O–H groups in total. The van der Waals surface area contributed by atoms with Crippen molar-refractivity contribution < 1.29 is 13.9 Å². The first-order chi connectivity index (χ1) is 14.2. The minimum atomic E-state index is -0.587. The number of hydrogen-bond donors (Lipinski definition) is 1. The van der Waals surface area contributed by atoms with Crippen molar-refractivity contribution in [2.75, 3.05) is 5.32 Å². The summed E-state index contributed by atoms with van der Waals surface area (Å²) < 4.78 is 19.1. The molecule has 1 saturated carbocycles. The lowest BCUT2D eigenvalue weighted by molar-refractivity contribution is -0.121. The summed E-state index contributed by atoms with van der Waals surface area (Å²) in [6, 6.07) is 23.7. The van der Waals surface area contributed by atoms with Crippen LogP contribution in [0.1, 0.15) is 36.8 Å². The van der Waals surface area contributed by atoms with Crippen LogP contribution in [-0.2, 0) is 16.8 Å². The van der Waals surface area contributed by atoms with Crippen LogP contribution in [0.15, 0.2) is 78.9 Å². The van der Waals surface area contributed by atoms with Crippen molar-refractivity contribution in [2.24, 2.45) is 0 Å². The van der Waals surface area contributed by atoms with E-state index in [1.807, 2.05) is 54.6 Å². The van der Waals surface area contributed by atoms with E-state index in [1.54, 1.807) is 12.1 Å². The van der Waals surface area contributed by atoms with E-state index in [0.717, 1.165) is 48.2 Å². The van der Waals surface area contributed by atoms with E-state index in [1.165, 1.54) is 12.1 Å². The molecule has 4 heteroatoms. The average Bonchev–Trinajstić information content (AvgIpc) is 3.26. The Hall–Kier alpha value is -3.14. The number of anilines is 1. The van der Waals surface area contributed by atoms with Gasteiger partial charge in [0.05, 0.1) is 5.41 Å². The summed E-state index contributed by atoms with van der Waals surface area (Å²) in [5.41, 5.74) is 2.13. The third kappa shape index (κ3) is 4.32. The quantitative estimate of drug-likeness (QED) is 0.574. The summed E-state index contributed by atoms with van der Waals surface area (Å²) in [5, 5.41) is 3.05. The molecule has 1 aliphatic rings. The van der Waals surface area contributed by atoms with Crippen molar-refractivity contribution in [3.8, 4) is 5.75 Å². The maximum Gasteiger partial charge on any atom is 0.235 e. The molecule has 1 fully saturated rings. The maximum absolute atomic E-state index is 13.3. The minimum Gasteiger partial charge on any atom is -0.489 e. The van der Waals surface area contributed by atoms with Gasteiger partial charge < -0.3 is 10.1 Å². The highest BCUT2D eigenvalue weighted by atomic mass is 19.1. The van der Waals surface area contributed by atoms with Crippen LogP contribution in [0.2, 0.25) is 0 Å². The second-order valence-corrected chi connectivity index (χ2v) is 7.55. The Morgan fingerprint density at radius 3 is 2.21 bits per heavy atom. The molecule has 0 aromatic heterocycles. The summed E-state index contributed by atoms with van der Waals surface area (Å²) >= 11 is 0. The molecule has 0 saturated heterocycles. The second-order valence-electron chi connectivity index (χ2n) is 7.55. The molecule has 1 aliphatic carbocycles. The van der Waals surface area contributed by atoms with Gasteiger partial charge in [0.25, 0.3) is 0 Å². The zero-order chi connectivity index (χ0) is 20.1. The van der Waals surface area contributed by atoms with E-state index in [2.05, 4.69) is 5.32 Å². The topological polar surface area (TPSA) is 38.3 Å². The van der Waals surface area contributed by atoms with Crippen LogP contribution in [0.25, 0.3) is 0 Å². The van der Waals surface area contributed by atoms with Crippen LogP contribution in [0.4, 0.5) is 10.1 Å². The van der Waals surface area contributed by atoms with Crippen molar-refractivity contribution in [1.29, 1.82) is 0 Å². The van der Waals surface area contributed by atoms with Gasteiger partial charge in [-0.2, -0.15) is 0 Å². The molecule has 0 spiro atoms. The van der Waals surface area contributed by atoms with E-state index in [0.29, 0.717) is 6.61 Å². The Kier molecular flexibility index (Phi) is 5.61. The van der Waals surface area contributed by atoms with Crippen LogP contribution in [0.5, 0.6) is 5.75 Å². The van der Waals surface area contributed by atoms with Gasteiger partial charge >= 0.3 is 0 Å². The third-order valence-electron chi connectivity index (χ3n) is 5.65. The molecule has 3 nitrogen and oxygen atoms in total. The lowest BCUT2D eigenvalue weighted by Crippen LogP contribution is -2.38. The first kappa shape index (κ1) is 19.2. The normalized spacial score (nSPS) is 15.1. The molecular weight excluding hydrogens is 365 g/mol. The van der Waals surface area contributed by atoms with E-state index in [4.69, 9.17) is 4.74 Å². The van der Waals surface area contributed by atoms with Crippen LogP contribution in [0, 0.1) is 5.82 Å². The fraction of sp³-hybridized carbons (Fsp3) is 0.240. The van der Waals surface area contributed by atoms with E-state index >= 15 is 0 Å². The van der Waals surface area contributed by atoms with E-state index < -0.39 is 5.41 Å². The molecule has 148 valence electrons. The summed E-state index contributed by atoms with van der Waals surface area (Å²) in [6.07, 6.45) is 3.56. The molecule has 0 atom stereocenters. The Labute approximate surface area is 170 Å². The van der Waals surface area contributed by atoms with Gasteiger partial charge in [-0.25, -0.2) is 4.39 Å². The highest BCUT2D eigenvalue weighted by Crippen LogP contribution is 2.42. The number of halogens is 1. The molecular formula is C25H24FNO2. The predicted molar refractivity (Wildman–Crippen MR) is 112 cm³/mol. The minimum absolute atomic E-state index is 0.0282. The zero-order valence-electron chi connectivity index (χ0n) is 16.2. The number of hydrogen-bond acceptors (Lipinski definition) is 2. The Morgan fingerprint density at radius 1 is 0.897 bits per heavy atom. The fourth-order valence-electron chi connectivity index (χ4n) is 4.02.